The molecule has 0 saturated carbocycles. The van der Waals surface area contributed by atoms with Gasteiger partial charge in [0.2, 0.25) is 5.91 Å². The second-order valence-corrected chi connectivity index (χ2v) is 10.8. The smallest absolute Gasteiger partial charge is 0.350 e. The lowest BCUT2D eigenvalue weighted by Crippen LogP contribution is -2.41. The molecule has 4 aromatic carbocycles. The van der Waals surface area contributed by atoms with Gasteiger partial charge in [0.05, 0.1) is 16.3 Å². The van der Waals surface area contributed by atoms with E-state index in [1.54, 1.807) is 19.1 Å². The molecular formula is C35H33N5O4. The summed E-state index contributed by atoms with van der Waals surface area (Å²) < 4.78 is 2.80. The zero-order chi connectivity index (χ0) is 31.2. The van der Waals surface area contributed by atoms with Crippen molar-refractivity contribution >= 4 is 17.3 Å². The van der Waals surface area contributed by atoms with Crippen LogP contribution in [0.25, 0.3) is 11.3 Å². The second kappa shape index (κ2) is 13.2. The summed E-state index contributed by atoms with van der Waals surface area (Å²) in [5.74, 6) is -0.295. The lowest BCUT2D eigenvalue weighted by atomic mass is 10.0. The molecule has 9 nitrogen and oxygen atoms in total. The number of non-ortho nitro benzene ring substituents is 1. The largest absolute Gasteiger partial charge is 0.352 e. The minimum Gasteiger partial charge on any atom is -0.352 e. The first-order chi connectivity index (χ1) is 21.2. The van der Waals surface area contributed by atoms with Crippen molar-refractivity contribution in [1.82, 2.24) is 14.6 Å². The van der Waals surface area contributed by atoms with Crippen LogP contribution in [0.15, 0.2) is 125 Å². The average Bonchev–Trinajstić information content (AvgIpc) is 3.27. The molecule has 1 amide bonds. The van der Waals surface area contributed by atoms with Crippen molar-refractivity contribution in [1.29, 1.82) is 0 Å². The van der Waals surface area contributed by atoms with E-state index in [0.29, 0.717) is 22.7 Å². The highest BCUT2D eigenvalue weighted by molar-refractivity contribution is 6.12. The fraction of sp³-hybridized carbons (Fsp3) is 0.171. The van der Waals surface area contributed by atoms with Crippen LogP contribution < -0.4 is 11.0 Å². The summed E-state index contributed by atoms with van der Waals surface area (Å²) in [5.41, 5.74) is 3.96. The molecule has 1 heterocycles. The first kappa shape index (κ1) is 29.9. The molecule has 0 aliphatic carbocycles. The third-order valence-electron chi connectivity index (χ3n) is 7.27. The van der Waals surface area contributed by atoms with E-state index in [2.05, 4.69) is 5.32 Å². The molecule has 0 fully saturated rings. The highest BCUT2D eigenvalue weighted by Crippen LogP contribution is 2.28. The number of nitro groups is 1. The highest BCUT2D eigenvalue weighted by Gasteiger charge is 2.30. The van der Waals surface area contributed by atoms with Gasteiger partial charge in [0.15, 0.2) is 0 Å². The summed E-state index contributed by atoms with van der Waals surface area (Å²) in [4.78, 5) is 39.2. The molecule has 0 unspecified atom stereocenters. The fourth-order valence-corrected chi connectivity index (χ4v) is 5.23. The molecule has 44 heavy (non-hydrogen) atoms. The quantitative estimate of drug-likeness (QED) is 0.120. The number of carbonyl (C=O) groups is 1. The van der Waals surface area contributed by atoms with Crippen molar-refractivity contribution in [3.05, 3.63) is 158 Å². The number of hydrogen-bond donors (Lipinski definition) is 1. The minimum atomic E-state index is -0.877. The first-order valence-electron chi connectivity index (χ1n) is 14.4. The maximum atomic E-state index is 14.5. The number of nitrogens with zero attached hydrogens (tertiary/aromatic N) is 4. The van der Waals surface area contributed by atoms with Crippen molar-refractivity contribution < 1.29 is 9.72 Å². The lowest BCUT2D eigenvalue weighted by molar-refractivity contribution is -0.384. The number of imidazole rings is 1. The van der Waals surface area contributed by atoms with Crippen LogP contribution in [0, 0.1) is 17.0 Å². The Bertz CT molecular complexity index is 1800. The summed E-state index contributed by atoms with van der Waals surface area (Å²) in [7, 11) is 0. The van der Waals surface area contributed by atoms with E-state index in [4.69, 9.17) is 5.10 Å². The number of amides is 1. The molecule has 0 saturated heterocycles. The molecule has 0 aliphatic heterocycles. The molecule has 0 aliphatic rings. The SMILES string of the molecule is Cc1c(-c2ccc([N+](=O)[O-])cc2)n(N=C(c2ccccc2)c2ccccc2)c(=O)n1[C@@H](Cc1ccccc1)C(=O)NC(C)C. The van der Waals surface area contributed by atoms with Gasteiger partial charge in [0.25, 0.3) is 5.69 Å². The molecule has 0 spiro atoms. The fourth-order valence-electron chi connectivity index (χ4n) is 5.23. The summed E-state index contributed by atoms with van der Waals surface area (Å²) >= 11 is 0. The number of benzene rings is 4. The van der Waals surface area contributed by atoms with E-state index in [1.165, 1.54) is 21.4 Å². The van der Waals surface area contributed by atoms with Gasteiger partial charge >= 0.3 is 5.69 Å². The predicted molar refractivity (Wildman–Crippen MR) is 172 cm³/mol. The van der Waals surface area contributed by atoms with E-state index in [-0.39, 0.29) is 24.1 Å². The molecule has 9 heteroatoms. The molecule has 0 radical (unpaired) electrons. The number of nitro benzene ring substituents is 1. The third-order valence-corrected chi connectivity index (χ3v) is 7.27. The van der Waals surface area contributed by atoms with E-state index in [1.807, 2.05) is 105 Å². The molecule has 5 aromatic rings. The topological polar surface area (TPSA) is 112 Å². The van der Waals surface area contributed by atoms with E-state index in [9.17, 15) is 19.7 Å². The Balaban J connectivity index is 1.79. The van der Waals surface area contributed by atoms with E-state index < -0.39 is 16.7 Å². The van der Waals surface area contributed by atoms with Gasteiger partial charge in [-0.1, -0.05) is 91.0 Å². The zero-order valence-electron chi connectivity index (χ0n) is 24.8. The number of carbonyl (C=O) groups excluding carboxylic acids is 1. The Morgan fingerprint density at radius 1 is 0.841 bits per heavy atom. The van der Waals surface area contributed by atoms with Crippen LogP contribution in [-0.2, 0) is 11.2 Å². The van der Waals surface area contributed by atoms with Crippen molar-refractivity contribution in [3.8, 4) is 11.3 Å². The molecule has 0 bridgehead atoms. The zero-order valence-corrected chi connectivity index (χ0v) is 24.8. The van der Waals surface area contributed by atoms with Gasteiger partial charge in [0.1, 0.15) is 6.04 Å². The van der Waals surface area contributed by atoms with Crippen LogP contribution in [0.3, 0.4) is 0 Å². The van der Waals surface area contributed by atoms with Crippen molar-refractivity contribution in [3.63, 3.8) is 0 Å². The molecule has 1 atom stereocenters. The van der Waals surface area contributed by atoms with Crippen LogP contribution in [-0.4, -0.2) is 31.8 Å². The molecular weight excluding hydrogens is 554 g/mol. The van der Waals surface area contributed by atoms with Gasteiger partial charge in [-0.05, 0) is 38.5 Å². The standard InChI is InChI=1S/C35H33N5O4/c1-24(2)36-34(41)31(23-26-13-7-4-8-14-26)38-25(3)33(29-19-21-30(22-20-29)40(43)44)39(35(38)42)37-32(27-15-9-5-10-16-27)28-17-11-6-12-18-28/h4-22,24,31H,23H2,1-3H3,(H,36,41)/t31-/m0/s1. The maximum absolute atomic E-state index is 14.5. The summed E-state index contributed by atoms with van der Waals surface area (Å²) in [5, 5.41) is 19.3. The van der Waals surface area contributed by atoms with E-state index >= 15 is 0 Å². The van der Waals surface area contributed by atoms with E-state index in [0.717, 1.165) is 16.7 Å². The Morgan fingerprint density at radius 2 is 1.36 bits per heavy atom. The normalized spacial score (nSPS) is 11.6. The van der Waals surface area contributed by atoms with Gasteiger partial charge < -0.3 is 5.32 Å². The summed E-state index contributed by atoms with van der Waals surface area (Å²) in [6.07, 6.45) is 0.276. The highest BCUT2D eigenvalue weighted by atomic mass is 16.6. The van der Waals surface area contributed by atoms with Gasteiger partial charge in [-0.3, -0.25) is 19.5 Å². The maximum Gasteiger partial charge on any atom is 0.350 e. The number of hydrogen-bond acceptors (Lipinski definition) is 5. The van der Waals surface area contributed by atoms with Crippen molar-refractivity contribution in [2.45, 2.75) is 39.3 Å². The van der Waals surface area contributed by atoms with Crippen LogP contribution in [0.4, 0.5) is 5.69 Å². The van der Waals surface area contributed by atoms with Gasteiger partial charge in [-0.2, -0.15) is 9.78 Å². The second-order valence-electron chi connectivity index (χ2n) is 10.8. The minimum absolute atomic E-state index is 0.0734. The van der Waals surface area contributed by atoms with Gasteiger partial charge in [-0.15, -0.1) is 0 Å². The lowest BCUT2D eigenvalue weighted by Gasteiger charge is -2.21. The summed E-state index contributed by atoms with van der Waals surface area (Å²) in [6.45, 7) is 5.52. The molecule has 5 rings (SSSR count). The summed E-state index contributed by atoms with van der Waals surface area (Å²) in [6, 6.07) is 33.6. The van der Waals surface area contributed by atoms with Crippen LogP contribution >= 0.6 is 0 Å². The Labute approximate surface area is 255 Å². The Morgan fingerprint density at radius 3 is 1.86 bits per heavy atom. The molecule has 1 aromatic heterocycles. The molecule has 1 N–H and O–H groups in total. The number of aromatic nitrogens is 2. The number of rotatable bonds is 10. The Kier molecular flexibility index (Phi) is 8.95. The third kappa shape index (κ3) is 6.42. The average molecular weight is 588 g/mol. The van der Waals surface area contributed by atoms with Gasteiger partial charge in [0, 0.05) is 47.0 Å². The van der Waals surface area contributed by atoms with Crippen LogP contribution in [0.2, 0.25) is 0 Å². The van der Waals surface area contributed by atoms with Gasteiger partial charge in [-0.25, -0.2) is 4.79 Å². The van der Waals surface area contributed by atoms with Crippen LogP contribution in [0.5, 0.6) is 0 Å². The monoisotopic (exact) mass is 587 g/mol. The first-order valence-corrected chi connectivity index (χ1v) is 14.4. The van der Waals surface area contributed by atoms with Crippen molar-refractivity contribution in [2.75, 3.05) is 0 Å². The Hall–Kier alpha value is -5.57. The molecule has 222 valence electrons. The van der Waals surface area contributed by atoms with Crippen LogP contribution in [0.1, 0.15) is 42.3 Å². The predicted octanol–water partition coefficient (Wildman–Crippen LogP) is 6.14. The van der Waals surface area contributed by atoms with Crippen molar-refractivity contribution in [2.24, 2.45) is 5.10 Å². The number of nitrogens with one attached hydrogen (secondary N) is 1.